The minimum absolute atomic E-state index is 0.201. The van der Waals surface area contributed by atoms with Gasteiger partial charge in [-0.2, -0.15) is 0 Å². The van der Waals surface area contributed by atoms with Gasteiger partial charge in [-0.15, -0.1) is 0 Å². The summed E-state index contributed by atoms with van der Waals surface area (Å²) in [6.07, 6.45) is -0.726. The van der Waals surface area contributed by atoms with Gasteiger partial charge >= 0.3 is 6.16 Å². The Morgan fingerprint density at radius 3 is 2.53 bits per heavy atom. The van der Waals surface area contributed by atoms with E-state index in [0.29, 0.717) is 5.75 Å². The van der Waals surface area contributed by atoms with Crippen LogP contribution in [0.3, 0.4) is 0 Å². The molecule has 1 radical (unpaired) electrons. The number of carbonyl (C=O) groups is 1. The van der Waals surface area contributed by atoms with Crippen LogP contribution in [-0.4, -0.2) is 6.16 Å². The second-order valence-electron chi connectivity index (χ2n) is 3.35. The number of hydrogen-bond donors (Lipinski definition) is 0. The van der Waals surface area contributed by atoms with Gasteiger partial charge in [0.15, 0.2) is 0 Å². The van der Waals surface area contributed by atoms with E-state index in [9.17, 15) is 4.79 Å². The van der Waals surface area contributed by atoms with E-state index >= 15 is 0 Å². The Morgan fingerprint density at radius 1 is 1.06 bits per heavy atom. The molecule has 0 spiro atoms. The predicted octanol–water partition coefficient (Wildman–Crippen LogP) is 3.20. The SMILES string of the molecule is O=C(OCc1ccccc1)Oc1[c]cccc1. The van der Waals surface area contributed by atoms with Crippen LogP contribution in [0.15, 0.2) is 54.6 Å². The summed E-state index contributed by atoms with van der Waals surface area (Å²) in [5, 5.41) is 0. The fourth-order valence-electron chi connectivity index (χ4n) is 1.28. The number of para-hydroxylation sites is 1. The van der Waals surface area contributed by atoms with Crippen LogP contribution in [0.5, 0.6) is 5.75 Å². The van der Waals surface area contributed by atoms with E-state index in [4.69, 9.17) is 9.47 Å². The molecule has 3 nitrogen and oxygen atoms in total. The second-order valence-corrected chi connectivity index (χ2v) is 3.35. The minimum Gasteiger partial charge on any atom is -0.429 e. The zero-order valence-electron chi connectivity index (χ0n) is 9.13. The summed E-state index contributed by atoms with van der Waals surface area (Å²) in [5.74, 6) is 0.352. The van der Waals surface area contributed by atoms with Gasteiger partial charge in [-0.25, -0.2) is 4.79 Å². The van der Waals surface area contributed by atoms with E-state index in [2.05, 4.69) is 6.07 Å². The third-order valence-corrected chi connectivity index (χ3v) is 2.07. The minimum atomic E-state index is -0.726. The lowest BCUT2D eigenvalue weighted by Crippen LogP contribution is -2.10. The highest BCUT2D eigenvalue weighted by Crippen LogP contribution is 2.09. The van der Waals surface area contributed by atoms with Crippen molar-refractivity contribution in [3.05, 3.63) is 66.2 Å². The highest BCUT2D eigenvalue weighted by Gasteiger charge is 2.05. The van der Waals surface area contributed by atoms with E-state index in [1.165, 1.54) is 0 Å². The van der Waals surface area contributed by atoms with Gasteiger partial charge < -0.3 is 9.47 Å². The van der Waals surface area contributed by atoms with Crippen LogP contribution < -0.4 is 4.74 Å². The molecule has 0 fully saturated rings. The molecule has 0 aromatic heterocycles. The van der Waals surface area contributed by atoms with Crippen molar-refractivity contribution >= 4 is 6.16 Å². The molecule has 0 bridgehead atoms. The van der Waals surface area contributed by atoms with Crippen molar-refractivity contribution in [2.75, 3.05) is 0 Å². The Bertz CT molecular complexity index is 465. The molecule has 0 amide bonds. The number of carbonyl (C=O) groups excluding carboxylic acids is 1. The van der Waals surface area contributed by atoms with Gasteiger partial charge in [0.1, 0.15) is 12.4 Å². The highest BCUT2D eigenvalue weighted by atomic mass is 16.7. The molecule has 0 atom stereocenters. The van der Waals surface area contributed by atoms with Gasteiger partial charge in [-0.05, 0) is 11.6 Å². The number of benzene rings is 2. The number of rotatable bonds is 3. The van der Waals surface area contributed by atoms with E-state index in [1.807, 2.05) is 30.3 Å². The van der Waals surface area contributed by atoms with E-state index in [1.54, 1.807) is 24.3 Å². The molecular weight excluding hydrogens is 216 g/mol. The fraction of sp³-hybridized carbons (Fsp3) is 0.0714. The molecule has 85 valence electrons. The molecular formula is C14H11O3. The van der Waals surface area contributed by atoms with Gasteiger partial charge in [0.25, 0.3) is 0 Å². The summed E-state index contributed by atoms with van der Waals surface area (Å²) in [6.45, 7) is 0.201. The molecule has 2 aromatic rings. The molecule has 0 aliphatic carbocycles. The first kappa shape index (κ1) is 11.2. The third-order valence-electron chi connectivity index (χ3n) is 2.07. The summed E-state index contributed by atoms with van der Waals surface area (Å²) < 4.78 is 9.87. The van der Waals surface area contributed by atoms with Crippen LogP contribution in [0.25, 0.3) is 0 Å². The van der Waals surface area contributed by atoms with Crippen molar-refractivity contribution < 1.29 is 14.3 Å². The smallest absolute Gasteiger partial charge is 0.429 e. The summed E-state index contributed by atoms with van der Waals surface area (Å²) in [5.41, 5.74) is 0.918. The Labute approximate surface area is 99.6 Å². The van der Waals surface area contributed by atoms with Crippen molar-refractivity contribution in [3.8, 4) is 5.75 Å². The lowest BCUT2D eigenvalue weighted by molar-refractivity contribution is 0.0927. The van der Waals surface area contributed by atoms with Crippen molar-refractivity contribution in [3.63, 3.8) is 0 Å². The van der Waals surface area contributed by atoms with Gasteiger partial charge in [0, 0.05) is 6.07 Å². The maximum atomic E-state index is 11.3. The molecule has 0 unspecified atom stereocenters. The first-order valence-corrected chi connectivity index (χ1v) is 5.20. The second kappa shape index (κ2) is 5.70. The maximum Gasteiger partial charge on any atom is 0.514 e. The van der Waals surface area contributed by atoms with Gasteiger partial charge in [0.2, 0.25) is 0 Å². The summed E-state index contributed by atoms with van der Waals surface area (Å²) in [6, 6.07) is 19.1. The fourth-order valence-corrected chi connectivity index (χ4v) is 1.28. The van der Waals surface area contributed by atoms with Crippen LogP contribution in [0.2, 0.25) is 0 Å². The maximum absolute atomic E-state index is 11.3. The Kier molecular flexibility index (Phi) is 3.76. The Morgan fingerprint density at radius 2 is 1.82 bits per heavy atom. The zero-order chi connectivity index (χ0) is 11.9. The monoisotopic (exact) mass is 227 g/mol. The molecule has 0 aliphatic rings. The average Bonchev–Trinajstić information content (AvgIpc) is 2.39. The first-order valence-electron chi connectivity index (χ1n) is 5.20. The van der Waals surface area contributed by atoms with Gasteiger partial charge in [-0.1, -0.05) is 48.5 Å². The molecule has 2 aromatic carbocycles. The molecule has 0 heterocycles. The van der Waals surface area contributed by atoms with Crippen LogP contribution in [0.1, 0.15) is 5.56 Å². The summed E-state index contributed by atoms with van der Waals surface area (Å²) in [7, 11) is 0. The number of ether oxygens (including phenoxy) is 2. The standard InChI is InChI=1S/C14H11O3/c15-14(17-13-9-5-2-6-10-13)16-11-12-7-3-1-4-8-12/h1-9H,11H2. The van der Waals surface area contributed by atoms with E-state index < -0.39 is 6.16 Å². The van der Waals surface area contributed by atoms with Gasteiger partial charge in [-0.3, -0.25) is 0 Å². The van der Waals surface area contributed by atoms with E-state index in [0.717, 1.165) is 5.56 Å². The quantitative estimate of drug-likeness (QED) is 0.596. The van der Waals surface area contributed by atoms with Crippen LogP contribution >= 0.6 is 0 Å². The van der Waals surface area contributed by atoms with Crippen LogP contribution in [0, 0.1) is 6.07 Å². The molecule has 0 saturated carbocycles. The molecule has 0 N–H and O–H groups in total. The Balaban J connectivity index is 1.83. The third kappa shape index (κ3) is 3.65. The summed E-state index contributed by atoms with van der Waals surface area (Å²) >= 11 is 0. The lowest BCUT2D eigenvalue weighted by Gasteiger charge is -2.05. The largest absolute Gasteiger partial charge is 0.514 e. The summed E-state index contributed by atoms with van der Waals surface area (Å²) in [4.78, 5) is 11.3. The topological polar surface area (TPSA) is 35.5 Å². The lowest BCUT2D eigenvalue weighted by atomic mass is 10.2. The van der Waals surface area contributed by atoms with Crippen molar-refractivity contribution in [2.24, 2.45) is 0 Å². The molecule has 17 heavy (non-hydrogen) atoms. The zero-order valence-corrected chi connectivity index (χ0v) is 9.13. The average molecular weight is 227 g/mol. The normalized spacial score (nSPS) is 9.65. The van der Waals surface area contributed by atoms with E-state index in [-0.39, 0.29) is 6.61 Å². The molecule has 0 saturated heterocycles. The number of hydrogen-bond acceptors (Lipinski definition) is 3. The molecule has 0 aliphatic heterocycles. The molecule has 3 heteroatoms. The Hall–Kier alpha value is -2.29. The van der Waals surface area contributed by atoms with Gasteiger partial charge in [0.05, 0.1) is 0 Å². The first-order chi connectivity index (χ1) is 8.34. The van der Waals surface area contributed by atoms with Crippen LogP contribution in [0.4, 0.5) is 4.79 Å². The predicted molar refractivity (Wildman–Crippen MR) is 62.5 cm³/mol. The van der Waals surface area contributed by atoms with Crippen molar-refractivity contribution in [1.82, 2.24) is 0 Å². The van der Waals surface area contributed by atoms with Crippen molar-refractivity contribution in [2.45, 2.75) is 6.61 Å². The van der Waals surface area contributed by atoms with Crippen LogP contribution in [-0.2, 0) is 11.3 Å². The molecule has 2 rings (SSSR count). The highest BCUT2D eigenvalue weighted by molar-refractivity contribution is 5.63. The van der Waals surface area contributed by atoms with Crippen molar-refractivity contribution in [1.29, 1.82) is 0 Å².